The third-order valence-corrected chi connectivity index (χ3v) is 2.93. The van der Waals surface area contributed by atoms with Crippen LogP contribution in [0.5, 0.6) is 0 Å². The average Bonchev–Trinajstić information content (AvgIpc) is 2.32. The number of anilines is 1. The zero-order valence-corrected chi connectivity index (χ0v) is 10.2. The Balaban J connectivity index is 2.37. The van der Waals surface area contributed by atoms with Crippen LogP contribution >= 0.6 is 12.2 Å². The van der Waals surface area contributed by atoms with Crippen LogP contribution in [-0.2, 0) is 4.79 Å². The minimum absolute atomic E-state index is 0.00276. The Bertz CT molecular complexity index is 521. The largest absolute Gasteiger partial charge is 0.389 e. The van der Waals surface area contributed by atoms with Crippen LogP contribution in [0.2, 0.25) is 0 Å². The molecule has 0 unspecified atom stereocenters. The molecule has 1 aliphatic rings. The lowest BCUT2D eigenvalue weighted by atomic mass is 10.1. The number of nitrogens with one attached hydrogen (secondary N) is 1. The fraction of sp³-hybridized carbons (Fsp3) is 0.273. The van der Waals surface area contributed by atoms with Gasteiger partial charge in [0.25, 0.3) is 0 Å². The predicted octanol–water partition coefficient (Wildman–Crippen LogP) is 0.535. The highest BCUT2D eigenvalue weighted by atomic mass is 32.1. The number of hydrogen-bond acceptors (Lipinski definition) is 3. The van der Waals surface area contributed by atoms with Gasteiger partial charge < -0.3 is 16.0 Å². The van der Waals surface area contributed by atoms with Gasteiger partial charge in [-0.05, 0) is 12.1 Å². The fourth-order valence-corrected chi connectivity index (χ4v) is 1.98. The first-order chi connectivity index (χ1) is 8.50. The van der Waals surface area contributed by atoms with Crippen molar-refractivity contribution in [3.8, 4) is 0 Å². The van der Waals surface area contributed by atoms with E-state index in [9.17, 15) is 13.6 Å². The van der Waals surface area contributed by atoms with E-state index < -0.39 is 11.6 Å². The Kier molecular flexibility index (Phi) is 3.42. The lowest BCUT2D eigenvalue weighted by molar-refractivity contribution is -0.120. The number of amides is 1. The van der Waals surface area contributed by atoms with Crippen molar-refractivity contribution >= 4 is 28.8 Å². The first-order valence-electron chi connectivity index (χ1n) is 5.30. The van der Waals surface area contributed by atoms with Crippen molar-refractivity contribution < 1.29 is 13.6 Å². The molecule has 18 heavy (non-hydrogen) atoms. The summed E-state index contributed by atoms with van der Waals surface area (Å²) < 4.78 is 27.6. The molecule has 2 rings (SSSR count). The minimum Gasteiger partial charge on any atom is -0.389 e. The third-order valence-electron chi connectivity index (χ3n) is 2.71. The molecular weight excluding hydrogens is 260 g/mol. The molecule has 1 aliphatic heterocycles. The number of hydrogen-bond donors (Lipinski definition) is 2. The van der Waals surface area contributed by atoms with E-state index in [4.69, 9.17) is 5.73 Å². The van der Waals surface area contributed by atoms with Crippen LogP contribution in [-0.4, -0.2) is 30.5 Å². The van der Waals surface area contributed by atoms with E-state index in [0.29, 0.717) is 13.1 Å². The Hall–Kier alpha value is -1.76. The van der Waals surface area contributed by atoms with E-state index >= 15 is 0 Å². The number of nitrogens with two attached hydrogens (primary N) is 1. The molecule has 96 valence electrons. The summed E-state index contributed by atoms with van der Waals surface area (Å²) >= 11 is 4.62. The molecule has 0 atom stereocenters. The topological polar surface area (TPSA) is 58.4 Å². The van der Waals surface area contributed by atoms with Crippen molar-refractivity contribution in [2.45, 2.75) is 0 Å². The van der Waals surface area contributed by atoms with Gasteiger partial charge in [-0.15, -0.1) is 0 Å². The van der Waals surface area contributed by atoms with Gasteiger partial charge in [-0.1, -0.05) is 12.2 Å². The number of carbonyl (C=O) groups excluding carboxylic acids is 1. The number of thiocarbonyl (C=S) groups is 1. The van der Waals surface area contributed by atoms with Crippen molar-refractivity contribution in [3.05, 3.63) is 29.3 Å². The maximum Gasteiger partial charge on any atom is 0.239 e. The highest BCUT2D eigenvalue weighted by Gasteiger charge is 2.22. The van der Waals surface area contributed by atoms with Crippen LogP contribution in [0.3, 0.4) is 0 Å². The molecule has 0 aliphatic carbocycles. The summed E-state index contributed by atoms with van der Waals surface area (Å²) in [4.78, 5) is 12.5. The number of halogens is 2. The molecule has 7 heteroatoms. The minimum atomic E-state index is -1.08. The standard InChI is InChI=1S/C11H11F2N3OS/c12-9-6(11(14)18)1-2-7(10(9)13)16-4-3-15-8(17)5-16/h1-2H,3-5H2,(H2,14,18)(H,15,17). The molecule has 0 saturated carbocycles. The Morgan fingerprint density at radius 1 is 1.39 bits per heavy atom. The van der Waals surface area contributed by atoms with Gasteiger partial charge in [0.1, 0.15) is 4.99 Å². The van der Waals surface area contributed by atoms with E-state index in [1.807, 2.05) is 0 Å². The van der Waals surface area contributed by atoms with Crippen LogP contribution < -0.4 is 16.0 Å². The molecule has 0 radical (unpaired) electrons. The van der Waals surface area contributed by atoms with Crippen LogP contribution in [0.4, 0.5) is 14.5 Å². The first kappa shape index (κ1) is 12.7. The third kappa shape index (κ3) is 2.26. The zero-order valence-electron chi connectivity index (χ0n) is 9.37. The Labute approximate surface area is 108 Å². The SMILES string of the molecule is NC(=S)c1ccc(N2CCNC(=O)C2)c(F)c1F. The second-order valence-electron chi connectivity index (χ2n) is 3.90. The van der Waals surface area contributed by atoms with Gasteiger partial charge in [0.15, 0.2) is 11.6 Å². The van der Waals surface area contributed by atoms with Crippen LogP contribution in [0.15, 0.2) is 12.1 Å². The summed E-state index contributed by atoms with van der Waals surface area (Å²) in [6, 6.07) is 2.70. The lowest BCUT2D eigenvalue weighted by Crippen LogP contribution is -2.48. The monoisotopic (exact) mass is 271 g/mol. The van der Waals surface area contributed by atoms with Crippen molar-refractivity contribution in [3.63, 3.8) is 0 Å². The number of piperazine rings is 1. The van der Waals surface area contributed by atoms with Gasteiger partial charge in [-0.3, -0.25) is 4.79 Å². The number of rotatable bonds is 2. The first-order valence-corrected chi connectivity index (χ1v) is 5.71. The van der Waals surface area contributed by atoms with Gasteiger partial charge >= 0.3 is 0 Å². The summed E-state index contributed by atoms with van der Waals surface area (Å²) in [7, 11) is 0. The van der Waals surface area contributed by atoms with E-state index in [2.05, 4.69) is 17.5 Å². The van der Waals surface area contributed by atoms with Crippen molar-refractivity contribution in [1.82, 2.24) is 5.32 Å². The maximum atomic E-state index is 13.9. The molecule has 1 fully saturated rings. The lowest BCUT2D eigenvalue weighted by Gasteiger charge is -2.29. The molecular formula is C11H11F2N3OS. The van der Waals surface area contributed by atoms with E-state index in [1.54, 1.807) is 0 Å². The van der Waals surface area contributed by atoms with Gasteiger partial charge in [0, 0.05) is 18.7 Å². The predicted molar refractivity (Wildman–Crippen MR) is 67.5 cm³/mol. The fourth-order valence-electron chi connectivity index (χ4n) is 1.82. The Morgan fingerprint density at radius 2 is 2.11 bits per heavy atom. The van der Waals surface area contributed by atoms with Crippen molar-refractivity contribution in [2.75, 3.05) is 24.5 Å². The van der Waals surface area contributed by atoms with Crippen molar-refractivity contribution in [2.24, 2.45) is 5.73 Å². The quantitative estimate of drug-likeness (QED) is 0.771. The van der Waals surface area contributed by atoms with Gasteiger partial charge in [-0.25, -0.2) is 8.78 Å². The highest BCUT2D eigenvalue weighted by Crippen LogP contribution is 2.24. The summed E-state index contributed by atoms with van der Waals surface area (Å²) in [5.41, 5.74) is 5.19. The molecule has 0 bridgehead atoms. The van der Waals surface area contributed by atoms with Gasteiger partial charge in [0.2, 0.25) is 5.91 Å². The van der Waals surface area contributed by atoms with Crippen molar-refractivity contribution in [1.29, 1.82) is 0 Å². The maximum absolute atomic E-state index is 13.9. The van der Waals surface area contributed by atoms with Gasteiger partial charge in [-0.2, -0.15) is 0 Å². The molecule has 1 aromatic carbocycles. The number of carbonyl (C=O) groups is 1. The summed E-state index contributed by atoms with van der Waals surface area (Å²) in [5, 5.41) is 2.61. The van der Waals surface area contributed by atoms with Crippen LogP contribution in [0, 0.1) is 11.6 Å². The molecule has 1 aromatic rings. The Morgan fingerprint density at radius 3 is 2.72 bits per heavy atom. The molecule has 1 saturated heterocycles. The van der Waals surface area contributed by atoms with Gasteiger partial charge in [0.05, 0.1) is 12.2 Å². The molecule has 3 N–H and O–H groups in total. The molecule has 0 aromatic heterocycles. The highest BCUT2D eigenvalue weighted by molar-refractivity contribution is 7.80. The van der Waals surface area contributed by atoms with E-state index in [1.165, 1.54) is 17.0 Å². The number of nitrogens with zero attached hydrogens (tertiary/aromatic N) is 1. The van der Waals surface area contributed by atoms with E-state index in [-0.39, 0.29) is 28.7 Å². The zero-order chi connectivity index (χ0) is 13.3. The van der Waals surface area contributed by atoms with Crippen LogP contribution in [0.1, 0.15) is 5.56 Å². The second kappa shape index (κ2) is 4.85. The normalized spacial score (nSPS) is 15.4. The number of benzene rings is 1. The van der Waals surface area contributed by atoms with E-state index in [0.717, 1.165) is 0 Å². The molecule has 4 nitrogen and oxygen atoms in total. The molecule has 1 amide bonds. The smallest absolute Gasteiger partial charge is 0.239 e. The average molecular weight is 271 g/mol. The summed E-state index contributed by atoms with van der Waals surface area (Å²) in [6.45, 7) is 0.828. The second-order valence-corrected chi connectivity index (χ2v) is 4.34. The summed E-state index contributed by atoms with van der Waals surface area (Å²) in [6.07, 6.45) is 0. The molecule has 0 spiro atoms. The molecule has 1 heterocycles. The summed E-state index contributed by atoms with van der Waals surface area (Å²) in [5.74, 6) is -2.33. The van der Waals surface area contributed by atoms with Crippen LogP contribution in [0.25, 0.3) is 0 Å².